The first-order valence-electron chi connectivity index (χ1n) is 5.49. The van der Waals surface area contributed by atoms with Gasteiger partial charge in [-0.3, -0.25) is 0 Å². The van der Waals surface area contributed by atoms with Gasteiger partial charge in [-0.25, -0.2) is 9.97 Å². The molecular weight excluding hydrogens is 190 g/mol. The molecule has 0 unspecified atom stereocenters. The minimum Gasteiger partial charge on any atom is -0.392 e. The number of hydrogen-bond donors (Lipinski definition) is 1. The fraction of sp³-hybridized carbons (Fsp3) is 0.636. The Morgan fingerprint density at radius 1 is 1.33 bits per heavy atom. The number of aliphatic hydroxyl groups excluding tert-OH is 1. The van der Waals surface area contributed by atoms with Crippen molar-refractivity contribution in [1.82, 2.24) is 9.97 Å². The van der Waals surface area contributed by atoms with Gasteiger partial charge in [0.25, 0.3) is 0 Å². The molecule has 15 heavy (non-hydrogen) atoms. The Bertz CT molecular complexity index is 335. The highest BCUT2D eigenvalue weighted by molar-refractivity contribution is 5.33. The molecular formula is C11H17N3O. The second-order valence-corrected chi connectivity index (χ2v) is 3.99. The SMILES string of the molecule is Cc1nc(N2CCCCC2)ncc1CO. The monoisotopic (exact) mass is 207 g/mol. The minimum atomic E-state index is 0.0200. The first-order valence-corrected chi connectivity index (χ1v) is 5.49. The van der Waals surface area contributed by atoms with Gasteiger partial charge < -0.3 is 10.0 Å². The van der Waals surface area contributed by atoms with E-state index in [0.717, 1.165) is 30.3 Å². The van der Waals surface area contributed by atoms with Crippen LogP contribution in [0.5, 0.6) is 0 Å². The van der Waals surface area contributed by atoms with E-state index in [9.17, 15) is 0 Å². The quantitative estimate of drug-likeness (QED) is 0.793. The van der Waals surface area contributed by atoms with E-state index in [1.165, 1.54) is 19.3 Å². The summed E-state index contributed by atoms with van der Waals surface area (Å²) in [6, 6.07) is 0. The van der Waals surface area contributed by atoms with E-state index in [4.69, 9.17) is 5.11 Å². The third kappa shape index (κ3) is 2.26. The van der Waals surface area contributed by atoms with Gasteiger partial charge in [0.05, 0.1) is 6.61 Å². The Morgan fingerprint density at radius 3 is 2.67 bits per heavy atom. The highest BCUT2D eigenvalue weighted by Crippen LogP contribution is 2.16. The van der Waals surface area contributed by atoms with Gasteiger partial charge in [0.2, 0.25) is 5.95 Å². The maximum Gasteiger partial charge on any atom is 0.225 e. The molecule has 0 bridgehead atoms. The molecule has 0 saturated carbocycles. The van der Waals surface area contributed by atoms with Crippen LogP contribution in [0.25, 0.3) is 0 Å². The maximum absolute atomic E-state index is 9.03. The fourth-order valence-electron chi connectivity index (χ4n) is 1.88. The molecule has 82 valence electrons. The zero-order valence-electron chi connectivity index (χ0n) is 9.11. The van der Waals surface area contributed by atoms with E-state index in [2.05, 4.69) is 14.9 Å². The van der Waals surface area contributed by atoms with Crippen molar-refractivity contribution in [2.24, 2.45) is 0 Å². The second-order valence-electron chi connectivity index (χ2n) is 3.99. The first kappa shape index (κ1) is 10.4. The number of anilines is 1. The number of nitrogens with zero attached hydrogens (tertiary/aromatic N) is 3. The molecule has 1 aliphatic rings. The topological polar surface area (TPSA) is 49.2 Å². The van der Waals surface area contributed by atoms with Crippen molar-refractivity contribution in [3.8, 4) is 0 Å². The largest absolute Gasteiger partial charge is 0.392 e. The average molecular weight is 207 g/mol. The van der Waals surface area contributed by atoms with Crippen LogP contribution in [0.1, 0.15) is 30.5 Å². The van der Waals surface area contributed by atoms with Crippen molar-refractivity contribution >= 4 is 5.95 Å². The zero-order chi connectivity index (χ0) is 10.7. The van der Waals surface area contributed by atoms with Crippen LogP contribution in [-0.4, -0.2) is 28.2 Å². The molecule has 1 aliphatic heterocycles. The molecule has 0 aliphatic carbocycles. The lowest BCUT2D eigenvalue weighted by molar-refractivity contribution is 0.280. The summed E-state index contributed by atoms with van der Waals surface area (Å²) in [5.41, 5.74) is 1.70. The van der Waals surface area contributed by atoms with Crippen LogP contribution in [0, 0.1) is 6.92 Å². The normalized spacial score (nSPS) is 16.8. The van der Waals surface area contributed by atoms with Crippen molar-refractivity contribution in [3.05, 3.63) is 17.5 Å². The summed E-state index contributed by atoms with van der Waals surface area (Å²) < 4.78 is 0. The van der Waals surface area contributed by atoms with E-state index in [1.807, 2.05) is 6.92 Å². The van der Waals surface area contributed by atoms with Crippen LogP contribution < -0.4 is 4.90 Å². The van der Waals surface area contributed by atoms with Crippen LogP contribution in [0.4, 0.5) is 5.95 Å². The van der Waals surface area contributed by atoms with E-state index in [0.29, 0.717) is 0 Å². The summed E-state index contributed by atoms with van der Waals surface area (Å²) >= 11 is 0. The summed E-state index contributed by atoms with van der Waals surface area (Å²) in [6.45, 7) is 4.04. The molecule has 1 aromatic heterocycles. The maximum atomic E-state index is 9.03. The van der Waals surface area contributed by atoms with Gasteiger partial charge in [0.1, 0.15) is 0 Å². The number of aliphatic hydroxyl groups is 1. The molecule has 1 saturated heterocycles. The molecule has 0 amide bonds. The fourth-order valence-corrected chi connectivity index (χ4v) is 1.88. The Kier molecular flexibility index (Phi) is 3.16. The summed E-state index contributed by atoms with van der Waals surface area (Å²) in [5, 5.41) is 9.03. The lowest BCUT2D eigenvalue weighted by atomic mass is 10.1. The van der Waals surface area contributed by atoms with Gasteiger partial charge in [-0.1, -0.05) is 0 Å². The van der Waals surface area contributed by atoms with Gasteiger partial charge in [-0.2, -0.15) is 0 Å². The van der Waals surface area contributed by atoms with E-state index in [-0.39, 0.29) is 6.61 Å². The van der Waals surface area contributed by atoms with E-state index in [1.54, 1.807) is 6.20 Å². The average Bonchev–Trinajstić information content (AvgIpc) is 2.30. The van der Waals surface area contributed by atoms with Crippen LogP contribution in [0.3, 0.4) is 0 Å². The summed E-state index contributed by atoms with van der Waals surface area (Å²) in [5.74, 6) is 0.810. The van der Waals surface area contributed by atoms with Gasteiger partial charge in [-0.05, 0) is 26.2 Å². The van der Waals surface area contributed by atoms with Gasteiger partial charge in [-0.15, -0.1) is 0 Å². The number of hydrogen-bond acceptors (Lipinski definition) is 4. The van der Waals surface area contributed by atoms with Crippen molar-refractivity contribution in [1.29, 1.82) is 0 Å². The van der Waals surface area contributed by atoms with Gasteiger partial charge >= 0.3 is 0 Å². The number of aryl methyl sites for hydroxylation is 1. The third-order valence-corrected chi connectivity index (χ3v) is 2.88. The number of piperidine rings is 1. The smallest absolute Gasteiger partial charge is 0.225 e. The van der Waals surface area contributed by atoms with Crippen molar-refractivity contribution in [3.63, 3.8) is 0 Å². The standard InChI is InChI=1S/C11H17N3O/c1-9-10(8-15)7-12-11(13-9)14-5-3-2-4-6-14/h7,15H,2-6,8H2,1H3. The van der Waals surface area contributed by atoms with Gasteiger partial charge in [0, 0.05) is 30.5 Å². The Hall–Kier alpha value is -1.16. The van der Waals surface area contributed by atoms with Crippen molar-refractivity contribution in [2.45, 2.75) is 32.8 Å². The lowest BCUT2D eigenvalue weighted by Crippen LogP contribution is -2.31. The Morgan fingerprint density at radius 2 is 2.07 bits per heavy atom. The lowest BCUT2D eigenvalue weighted by Gasteiger charge is -2.26. The molecule has 4 nitrogen and oxygen atoms in total. The van der Waals surface area contributed by atoms with Crippen molar-refractivity contribution < 1.29 is 5.11 Å². The molecule has 0 spiro atoms. The van der Waals surface area contributed by atoms with Crippen molar-refractivity contribution in [2.75, 3.05) is 18.0 Å². The van der Waals surface area contributed by atoms with Gasteiger partial charge in [0.15, 0.2) is 0 Å². The molecule has 2 heterocycles. The van der Waals surface area contributed by atoms with Crippen LogP contribution in [0.2, 0.25) is 0 Å². The molecule has 1 N–H and O–H groups in total. The highest BCUT2D eigenvalue weighted by atomic mass is 16.3. The predicted molar refractivity (Wildman–Crippen MR) is 58.8 cm³/mol. The molecule has 4 heteroatoms. The summed E-state index contributed by atoms with van der Waals surface area (Å²) in [4.78, 5) is 10.9. The third-order valence-electron chi connectivity index (χ3n) is 2.88. The Labute approximate surface area is 90.0 Å². The highest BCUT2D eigenvalue weighted by Gasteiger charge is 2.13. The van der Waals surface area contributed by atoms with Crippen LogP contribution in [-0.2, 0) is 6.61 Å². The minimum absolute atomic E-state index is 0.0200. The zero-order valence-corrected chi connectivity index (χ0v) is 9.11. The molecule has 0 radical (unpaired) electrons. The number of aromatic nitrogens is 2. The van der Waals surface area contributed by atoms with Crippen LogP contribution in [0.15, 0.2) is 6.20 Å². The molecule has 1 fully saturated rings. The molecule has 0 aromatic carbocycles. The molecule has 2 rings (SSSR count). The number of rotatable bonds is 2. The predicted octanol–water partition coefficient (Wildman–Crippen LogP) is 1.27. The van der Waals surface area contributed by atoms with E-state index < -0.39 is 0 Å². The Balaban J connectivity index is 2.17. The second kappa shape index (κ2) is 4.57. The molecule has 0 atom stereocenters. The van der Waals surface area contributed by atoms with E-state index >= 15 is 0 Å². The first-order chi connectivity index (χ1) is 7.31. The summed E-state index contributed by atoms with van der Waals surface area (Å²) in [6.07, 6.45) is 5.49. The summed E-state index contributed by atoms with van der Waals surface area (Å²) in [7, 11) is 0. The van der Waals surface area contributed by atoms with Crippen LogP contribution >= 0.6 is 0 Å². The molecule has 1 aromatic rings.